The molecule has 0 fully saturated rings. The monoisotopic (exact) mass is 407 g/mol. The van der Waals surface area contributed by atoms with Crippen molar-refractivity contribution in [1.29, 1.82) is 0 Å². The molecule has 0 radical (unpaired) electrons. The molecule has 2 aromatic carbocycles. The highest BCUT2D eigenvalue weighted by Gasteiger charge is 2.30. The first-order chi connectivity index (χ1) is 14.0. The summed E-state index contributed by atoms with van der Waals surface area (Å²) >= 11 is 0. The lowest BCUT2D eigenvalue weighted by atomic mass is 10.0. The number of fused-ring (bicyclic) bond motifs is 1. The van der Waals surface area contributed by atoms with Crippen molar-refractivity contribution in [2.24, 2.45) is 0 Å². The molecule has 2 rings (SSSR count). The van der Waals surface area contributed by atoms with Gasteiger partial charge in [-0.3, -0.25) is 4.90 Å². The Labute approximate surface area is 171 Å². The number of hydrogen-bond acceptors (Lipinski definition) is 7. The molecule has 0 aromatic heterocycles. The van der Waals surface area contributed by atoms with Crippen molar-refractivity contribution in [2.75, 3.05) is 40.0 Å². The predicted molar refractivity (Wildman–Crippen MR) is 112 cm³/mol. The number of nitrogens with zero attached hydrogens (tertiary/aromatic N) is 1. The quantitative estimate of drug-likeness (QED) is 0.321. The molecule has 0 aliphatic carbocycles. The van der Waals surface area contributed by atoms with Crippen molar-refractivity contribution in [3.8, 4) is 0 Å². The maximum absolute atomic E-state index is 10.3. The predicted octanol–water partition coefficient (Wildman–Crippen LogP) is 0.157. The van der Waals surface area contributed by atoms with Crippen molar-refractivity contribution in [3.63, 3.8) is 0 Å². The van der Waals surface area contributed by atoms with Gasteiger partial charge >= 0.3 is 0 Å². The van der Waals surface area contributed by atoms with E-state index in [-0.39, 0.29) is 6.54 Å². The Morgan fingerprint density at radius 2 is 1.59 bits per heavy atom. The number of methoxy groups -OCH3 is 1. The third kappa shape index (κ3) is 7.31. The van der Waals surface area contributed by atoms with Gasteiger partial charge in [-0.05, 0) is 35.7 Å². The largest absolute Gasteiger partial charge is 0.394 e. The minimum Gasteiger partial charge on any atom is -0.394 e. The van der Waals surface area contributed by atoms with E-state index >= 15 is 0 Å². The second kappa shape index (κ2) is 12.2. The maximum atomic E-state index is 10.3. The van der Waals surface area contributed by atoms with Gasteiger partial charge in [0.15, 0.2) is 0 Å². The molecule has 0 saturated carbocycles. The van der Waals surface area contributed by atoms with Gasteiger partial charge < -0.3 is 30.3 Å². The fourth-order valence-corrected chi connectivity index (χ4v) is 3.35. The van der Waals surface area contributed by atoms with Gasteiger partial charge in [-0.15, -0.1) is 0 Å². The van der Waals surface area contributed by atoms with Crippen molar-refractivity contribution in [2.45, 2.75) is 37.3 Å². The van der Waals surface area contributed by atoms with Gasteiger partial charge in [0.25, 0.3) is 0 Å². The van der Waals surface area contributed by atoms with E-state index in [0.717, 1.165) is 12.8 Å². The van der Waals surface area contributed by atoms with Crippen LogP contribution in [0.2, 0.25) is 0 Å². The third-order valence-corrected chi connectivity index (χ3v) is 5.14. The van der Waals surface area contributed by atoms with Crippen molar-refractivity contribution in [3.05, 3.63) is 48.0 Å². The van der Waals surface area contributed by atoms with Crippen LogP contribution in [0.3, 0.4) is 0 Å². The molecule has 0 saturated heterocycles. The van der Waals surface area contributed by atoms with Crippen LogP contribution in [-0.4, -0.2) is 94.8 Å². The second-order valence-corrected chi connectivity index (χ2v) is 7.38. The minimum absolute atomic E-state index is 0.122. The van der Waals surface area contributed by atoms with E-state index in [1.54, 1.807) is 7.11 Å². The molecule has 4 atom stereocenters. The summed E-state index contributed by atoms with van der Waals surface area (Å²) in [6.45, 7) is 1.15. The first-order valence-corrected chi connectivity index (χ1v) is 9.98. The highest BCUT2D eigenvalue weighted by Crippen LogP contribution is 2.17. The van der Waals surface area contributed by atoms with Crippen molar-refractivity contribution >= 4 is 10.8 Å². The molecule has 7 heteroatoms. The zero-order valence-corrected chi connectivity index (χ0v) is 16.9. The Morgan fingerprint density at radius 3 is 2.28 bits per heavy atom. The van der Waals surface area contributed by atoms with E-state index in [2.05, 4.69) is 30.3 Å². The van der Waals surface area contributed by atoms with Crippen molar-refractivity contribution < 1.29 is 30.3 Å². The number of ether oxygens (including phenoxy) is 1. The Morgan fingerprint density at radius 1 is 0.897 bits per heavy atom. The molecule has 2 aromatic rings. The van der Waals surface area contributed by atoms with E-state index in [1.807, 2.05) is 17.0 Å². The summed E-state index contributed by atoms with van der Waals surface area (Å²) in [5.74, 6) is 0. The highest BCUT2D eigenvalue weighted by atomic mass is 16.5. The topological polar surface area (TPSA) is 114 Å². The lowest BCUT2D eigenvalue weighted by Gasteiger charge is -2.30. The fraction of sp³-hybridized carbons (Fsp3) is 0.545. The van der Waals surface area contributed by atoms with Gasteiger partial charge in [-0.2, -0.15) is 0 Å². The van der Waals surface area contributed by atoms with Crippen molar-refractivity contribution in [1.82, 2.24) is 4.90 Å². The Kier molecular flexibility index (Phi) is 9.96. The third-order valence-electron chi connectivity index (χ3n) is 5.14. The van der Waals surface area contributed by atoms with Gasteiger partial charge in [0.05, 0.1) is 19.3 Å². The summed E-state index contributed by atoms with van der Waals surface area (Å²) in [4.78, 5) is 1.95. The number of aryl methyl sites for hydroxylation is 1. The first kappa shape index (κ1) is 23.7. The molecule has 0 aliphatic heterocycles. The van der Waals surface area contributed by atoms with E-state index in [1.165, 1.54) is 16.3 Å². The molecule has 0 heterocycles. The zero-order chi connectivity index (χ0) is 21.2. The fourth-order valence-electron chi connectivity index (χ4n) is 3.35. The van der Waals surface area contributed by atoms with Crippen LogP contribution >= 0.6 is 0 Å². The highest BCUT2D eigenvalue weighted by molar-refractivity contribution is 5.82. The molecule has 162 valence electrons. The smallest absolute Gasteiger partial charge is 0.111 e. The van der Waals surface area contributed by atoms with Gasteiger partial charge in [0.1, 0.15) is 18.3 Å². The van der Waals surface area contributed by atoms with Gasteiger partial charge in [0.2, 0.25) is 0 Å². The summed E-state index contributed by atoms with van der Waals surface area (Å²) < 4.78 is 5.12. The average Bonchev–Trinajstić information content (AvgIpc) is 2.75. The molecule has 29 heavy (non-hydrogen) atoms. The summed E-state index contributed by atoms with van der Waals surface area (Å²) in [6.07, 6.45) is -4.20. The molecule has 7 nitrogen and oxygen atoms in total. The summed E-state index contributed by atoms with van der Waals surface area (Å²) in [7, 11) is 1.60. The van der Waals surface area contributed by atoms with E-state index in [4.69, 9.17) is 9.84 Å². The lowest BCUT2D eigenvalue weighted by molar-refractivity contribution is -0.119. The molecule has 0 spiro atoms. The molecular formula is C22H33NO6. The van der Waals surface area contributed by atoms with Crippen LogP contribution in [0, 0.1) is 0 Å². The molecule has 5 N–H and O–H groups in total. The first-order valence-electron chi connectivity index (χ1n) is 9.98. The normalized spacial score (nSPS) is 16.1. The summed E-state index contributed by atoms with van der Waals surface area (Å²) in [5, 5.41) is 50.8. The minimum atomic E-state index is -1.61. The number of aliphatic hydroxyl groups is 5. The van der Waals surface area contributed by atoms with E-state index < -0.39 is 31.0 Å². The number of hydrogen-bond donors (Lipinski definition) is 5. The summed E-state index contributed by atoms with van der Waals surface area (Å²) in [5.41, 5.74) is 1.23. The molecule has 0 aliphatic rings. The maximum Gasteiger partial charge on any atom is 0.111 e. The Balaban J connectivity index is 1.89. The summed E-state index contributed by atoms with van der Waals surface area (Å²) in [6, 6.07) is 14.6. The van der Waals surface area contributed by atoms with Crippen LogP contribution in [0.5, 0.6) is 0 Å². The van der Waals surface area contributed by atoms with Crippen LogP contribution in [-0.2, 0) is 11.2 Å². The van der Waals surface area contributed by atoms with E-state index in [9.17, 15) is 20.4 Å². The standard InChI is InChI=1S/C22H33NO6/c1-29-12-11-23(14-19(25)21(27)22(28)20(26)15-24)10-4-5-16-8-9-17-6-2-3-7-18(17)13-16/h2-3,6-9,13,19-22,24-28H,4-5,10-12,14-15H2,1H3/t19-,20+,21+,22+/m0/s1. The average molecular weight is 408 g/mol. The van der Waals surface area contributed by atoms with Crippen LogP contribution in [0.1, 0.15) is 12.0 Å². The van der Waals surface area contributed by atoms with E-state index in [0.29, 0.717) is 19.7 Å². The lowest BCUT2D eigenvalue weighted by Crippen LogP contribution is -2.50. The van der Waals surface area contributed by atoms with Crippen LogP contribution in [0.4, 0.5) is 0 Å². The number of rotatable bonds is 13. The van der Waals surface area contributed by atoms with Gasteiger partial charge in [-0.25, -0.2) is 0 Å². The van der Waals surface area contributed by atoms with Crippen LogP contribution in [0.25, 0.3) is 10.8 Å². The Bertz CT molecular complexity index is 727. The number of benzene rings is 2. The van der Waals surface area contributed by atoms with Crippen LogP contribution < -0.4 is 0 Å². The molecule has 0 amide bonds. The molecular weight excluding hydrogens is 374 g/mol. The zero-order valence-electron chi connectivity index (χ0n) is 16.9. The SMILES string of the molecule is COCCN(CCCc1ccc2ccccc2c1)C[C@H](O)[C@@H](O)[C@H](O)[C@H](O)CO. The Hall–Kier alpha value is -1.58. The molecule has 0 bridgehead atoms. The van der Waals surface area contributed by atoms with Crippen LogP contribution in [0.15, 0.2) is 42.5 Å². The second-order valence-electron chi connectivity index (χ2n) is 7.38. The molecule has 0 unspecified atom stereocenters. The number of aliphatic hydroxyl groups excluding tert-OH is 5. The van der Waals surface area contributed by atoms with Gasteiger partial charge in [-0.1, -0.05) is 42.5 Å². The van der Waals surface area contributed by atoms with Gasteiger partial charge in [0, 0.05) is 20.2 Å².